The lowest BCUT2D eigenvalue weighted by Crippen LogP contribution is -2.29. The number of benzene rings is 1. The number of halogens is 1. The number of carbonyl (C=O) groups is 1. The number of carbonyl (C=O) groups excluding carboxylic acids is 1. The van der Waals surface area contributed by atoms with Crippen LogP contribution in [0.3, 0.4) is 0 Å². The van der Waals surface area contributed by atoms with Gasteiger partial charge in [-0.3, -0.25) is 9.52 Å². The van der Waals surface area contributed by atoms with Crippen LogP contribution >= 0.6 is 11.6 Å². The third kappa shape index (κ3) is 7.22. The molecule has 0 aliphatic rings. The fourth-order valence-electron chi connectivity index (χ4n) is 2.25. The van der Waals surface area contributed by atoms with Gasteiger partial charge in [-0.25, -0.2) is 8.42 Å². The maximum absolute atomic E-state index is 12.3. The molecule has 0 aliphatic carbocycles. The highest BCUT2D eigenvalue weighted by atomic mass is 35.5. The largest absolute Gasteiger partial charge is 0.352 e. The summed E-state index contributed by atoms with van der Waals surface area (Å²) in [7, 11) is -3.40. The summed E-state index contributed by atoms with van der Waals surface area (Å²) >= 11 is 6.06. The van der Waals surface area contributed by atoms with Crippen LogP contribution < -0.4 is 10.0 Å². The first-order chi connectivity index (χ1) is 10.8. The van der Waals surface area contributed by atoms with Gasteiger partial charge in [0, 0.05) is 12.2 Å². The van der Waals surface area contributed by atoms with E-state index in [9.17, 15) is 13.2 Å². The Labute approximate surface area is 143 Å². The van der Waals surface area contributed by atoms with E-state index in [1.807, 2.05) is 0 Å². The summed E-state index contributed by atoms with van der Waals surface area (Å²) in [6, 6.07) is 4.49. The van der Waals surface area contributed by atoms with Crippen LogP contribution in [0.25, 0.3) is 0 Å². The first-order valence-electron chi connectivity index (χ1n) is 7.82. The van der Waals surface area contributed by atoms with Gasteiger partial charge < -0.3 is 5.32 Å². The molecule has 1 atom stereocenters. The number of unbranched alkanes of at least 4 members (excludes halogenated alkanes) is 1. The van der Waals surface area contributed by atoms with Crippen molar-refractivity contribution in [1.82, 2.24) is 5.32 Å². The Balaban J connectivity index is 2.76. The van der Waals surface area contributed by atoms with Crippen molar-refractivity contribution in [3.05, 3.63) is 28.8 Å². The fraction of sp³-hybridized carbons (Fsp3) is 0.562. The zero-order valence-electron chi connectivity index (χ0n) is 13.9. The number of sulfonamides is 1. The molecule has 0 unspecified atom stereocenters. The lowest BCUT2D eigenvalue weighted by Gasteiger charge is -2.16. The minimum Gasteiger partial charge on any atom is -0.352 e. The highest BCUT2D eigenvalue weighted by Gasteiger charge is 2.14. The van der Waals surface area contributed by atoms with Crippen LogP contribution in [0.2, 0.25) is 5.02 Å². The third-order valence-electron chi connectivity index (χ3n) is 3.61. The summed E-state index contributed by atoms with van der Waals surface area (Å²) in [5, 5.41) is 3.18. The van der Waals surface area contributed by atoms with E-state index >= 15 is 0 Å². The Morgan fingerprint density at radius 1 is 1.30 bits per heavy atom. The second-order valence-corrected chi connectivity index (χ2v) is 7.85. The first-order valence-corrected chi connectivity index (χ1v) is 10.1. The molecule has 0 bridgehead atoms. The van der Waals surface area contributed by atoms with Gasteiger partial charge in [-0.05, 0) is 30.5 Å². The molecule has 0 saturated heterocycles. The van der Waals surface area contributed by atoms with Gasteiger partial charge in [0.2, 0.25) is 10.0 Å². The van der Waals surface area contributed by atoms with E-state index < -0.39 is 10.0 Å². The molecule has 0 spiro atoms. The molecule has 1 aromatic rings. The summed E-state index contributed by atoms with van der Waals surface area (Å²) in [5.41, 5.74) is 0.589. The molecule has 0 fully saturated rings. The first kappa shape index (κ1) is 19.8. The van der Waals surface area contributed by atoms with Crippen molar-refractivity contribution in [2.45, 2.75) is 39.5 Å². The highest BCUT2D eigenvalue weighted by molar-refractivity contribution is 7.92. The van der Waals surface area contributed by atoms with Crippen molar-refractivity contribution in [3.63, 3.8) is 0 Å². The molecule has 0 heterocycles. The van der Waals surface area contributed by atoms with E-state index in [4.69, 9.17) is 11.6 Å². The van der Waals surface area contributed by atoms with Crippen molar-refractivity contribution in [2.75, 3.05) is 17.5 Å². The van der Waals surface area contributed by atoms with Crippen LogP contribution in [0.5, 0.6) is 0 Å². The van der Waals surface area contributed by atoms with Crippen LogP contribution in [-0.2, 0) is 10.0 Å². The van der Waals surface area contributed by atoms with E-state index in [1.54, 1.807) is 0 Å². The monoisotopic (exact) mass is 360 g/mol. The Morgan fingerprint density at radius 3 is 2.57 bits per heavy atom. The predicted octanol–water partition coefficient (Wildman–Crippen LogP) is 3.66. The minimum atomic E-state index is -3.40. The number of hydrogen-bond acceptors (Lipinski definition) is 3. The maximum Gasteiger partial charge on any atom is 0.252 e. The van der Waals surface area contributed by atoms with Crippen molar-refractivity contribution in [3.8, 4) is 0 Å². The molecule has 1 rings (SSSR count). The fourth-order valence-corrected chi connectivity index (χ4v) is 3.01. The number of amides is 1. The van der Waals surface area contributed by atoms with Gasteiger partial charge in [0.1, 0.15) is 0 Å². The van der Waals surface area contributed by atoms with E-state index in [0.717, 1.165) is 31.9 Å². The molecular weight excluding hydrogens is 336 g/mol. The molecule has 23 heavy (non-hydrogen) atoms. The van der Waals surface area contributed by atoms with Crippen LogP contribution in [0.15, 0.2) is 18.2 Å². The second-order valence-electron chi connectivity index (χ2n) is 5.70. The summed E-state index contributed by atoms with van der Waals surface area (Å²) < 4.78 is 24.9. The number of hydrogen-bond donors (Lipinski definition) is 2. The molecule has 5 nitrogen and oxygen atoms in total. The lowest BCUT2D eigenvalue weighted by molar-refractivity contribution is 0.0946. The van der Waals surface area contributed by atoms with Gasteiger partial charge in [0.05, 0.1) is 16.8 Å². The topological polar surface area (TPSA) is 75.3 Å². The van der Waals surface area contributed by atoms with Crippen LogP contribution in [0.1, 0.15) is 49.9 Å². The number of rotatable bonds is 9. The second kappa shape index (κ2) is 9.13. The van der Waals surface area contributed by atoms with Crippen LogP contribution in [-0.4, -0.2) is 27.1 Å². The zero-order valence-corrected chi connectivity index (χ0v) is 15.4. The van der Waals surface area contributed by atoms with Crippen molar-refractivity contribution in [2.24, 2.45) is 5.92 Å². The number of nitrogens with one attached hydrogen (secondary N) is 2. The third-order valence-corrected chi connectivity index (χ3v) is 4.54. The molecular formula is C16H25ClN2O3S. The van der Waals surface area contributed by atoms with Gasteiger partial charge in [-0.2, -0.15) is 0 Å². The van der Waals surface area contributed by atoms with E-state index in [2.05, 4.69) is 23.9 Å². The van der Waals surface area contributed by atoms with E-state index in [0.29, 0.717) is 23.2 Å². The van der Waals surface area contributed by atoms with Gasteiger partial charge in [0.15, 0.2) is 0 Å². The minimum absolute atomic E-state index is 0.269. The zero-order chi connectivity index (χ0) is 17.5. The SMILES string of the molecule is CCCC[C@H](CC)CNC(=O)c1cc(NS(C)(=O)=O)ccc1Cl. The van der Waals surface area contributed by atoms with Gasteiger partial charge in [-0.1, -0.05) is 44.7 Å². The number of anilines is 1. The maximum atomic E-state index is 12.3. The molecule has 0 aliphatic heterocycles. The van der Waals surface area contributed by atoms with Crippen LogP contribution in [0.4, 0.5) is 5.69 Å². The smallest absolute Gasteiger partial charge is 0.252 e. The Kier molecular flexibility index (Phi) is 7.85. The van der Waals surface area contributed by atoms with Crippen molar-refractivity contribution in [1.29, 1.82) is 0 Å². The molecule has 7 heteroatoms. The molecule has 0 saturated carbocycles. The van der Waals surface area contributed by atoms with Crippen LogP contribution in [0, 0.1) is 5.92 Å². The van der Waals surface area contributed by atoms with Gasteiger partial charge in [-0.15, -0.1) is 0 Å². The summed E-state index contributed by atoms with van der Waals surface area (Å²) in [5.74, 6) is 0.150. The average molecular weight is 361 g/mol. The quantitative estimate of drug-likeness (QED) is 0.705. The predicted molar refractivity (Wildman–Crippen MR) is 95.6 cm³/mol. The Hall–Kier alpha value is -1.27. The molecule has 2 N–H and O–H groups in total. The van der Waals surface area contributed by atoms with Crippen molar-refractivity contribution >= 4 is 33.2 Å². The molecule has 1 aromatic carbocycles. The lowest BCUT2D eigenvalue weighted by atomic mass is 9.99. The summed E-state index contributed by atoms with van der Waals surface area (Å²) in [6.45, 7) is 4.84. The van der Waals surface area contributed by atoms with E-state index in [1.165, 1.54) is 18.2 Å². The summed E-state index contributed by atoms with van der Waals surface area (Å²) in [6.07, 6.45) is 5.42. The summed E-state index contributed by atoms with van der Waals surface area (Å²) in [4.78, 5) is 12.3. The van der Waals surface area contributed by atoms with E-state index in [-0.39, 0.29) is 11.5 Å². The average Bonchev–Trinajstić information content (AvgIpc) is 2.47. The van der Waals surface area contributed by atoms with Gasteiger partial charge >= 0.3 is 0 Å². The molecule has 1 amide bonds. The highest BCUT2D eigenvalue weighted by Crippen LogP contribution is 2.21. The molecule has 0 radical (unpaired) electrons. The normalized spacial score (nSPS) is 12.7. The molecule has 0 aromatic heterocycles. The Morgan fingerprint density at radius 2 is 2.00 bits per heavy atom. The molecule has 130 valence electrons. The standard InChI is InChI=1S/C16H25ClN2O3S/c1-4-6-7-12(5-2)11-18-16(20)14-10-13(8-9-15(14)17)19-23(3,21)22/h8-10,12,19H,4-7,11H2,1-3H3,(H,18,20)/t12-/m0/s1. The Bertz CT molecular complexity index is 632. The van der Waals surface area contributed by atoms with Crippen molar-refractivity contribution < 1.29 is 13.2 Å². The van der Waals surface area contributed by atoms with Gasteiger partial charge in [0.25, 0.3) is 5.91 Å².